The fourth-order valence-corrected chi connectivity index (χ4v) is 2.89. The molecule has 0 unspecified atom stereocenters. The van der Waals surface area contributed by atoms with Gasteiger partial charge in [0.1, 0.15) is 11.5 Å². The Morgan fingerprint density at radius 1 is 1.32 bits per heavy atom. The maximum Gasteiger partial charge on any atom is 0.393 e. The van der Waals surface area contributed by atoms with E-state index in [0.717, 1.165) is 12.8 Å². The molecule has 0 saturated carbocycles. The summed E-state index contributed by atoms with van der Waals surface area (Å²) in [6.45, 7) is 1.39. The van der Waals surface area contributed by atoms with Crippen molar-refractivity contribution in [3.8, 4) is 11.8 Å². The summed E-state index contributed by atoms with van der Waals surface area (Å²) in [5.41, 5.74) is 5.93. The van der Waals surface area contributed by atoms with Crippen LogP contribution < -0.4 is 11.1 Å². The Balaban J connectivity index is 2.02. The minimum atomic E-state index is -4.34. The van der Waals surface area contributed by atoms with Gasteiger partial charge in [-0.1, -0.05) is 12.0 Å². The van der Waals surface area contributed by atoms with Crippen molar-refractivity contribution in [2.24, 2.45) is 5.73 Å². The second-order valence-electron chi connectivity index (χ2n) is 5.86. The van der Waals surface area contributed by atoms with E-state index in [4.69, 9.17) is 10.5 Å². The van der Waals surface area contributed by atoms with E-state index in [1.807, 2.05) is 0 Å². The molecule has 0 aromatic carbocycles. The normalized spacial score (nSPS) is 15.8. The lowest BCUT2D eigenvalue weighted by Crippen LogP contribution is -2.28. The van der Waals surface area contributed by atoms with Crippen LogP contribution in [-0.2, 0) is 11.2 Å². The number of hydrogen-bond acceptors (Lipinski definition) is 4. The zero-order valence-electron chi connectivity index (χ0n) is 13.6. The van der Waals surface area contributed by atoms with Gasteiger partial charge < -0.3 is 15.8 Å². The molecule has 1 aliphatic rings. The number of nitrogens with zero attached hydrogens (tertiary/aromatic N) is 2. The molecule has 1 fully saturated rings. The Morgan fingerprint density at radius 3 is 2.76 bits per heavy atom. The van der Waals surface area contributed by atoms with Crippen LogP contribution in [0.2, 0.25) is 0 Å². The van der Waals surface area contributed by atoms with Crippen molar-refractivity contribution < 1.29 is 17.9 Å². The molecule has 0 aliphatic carbocycles. The zero-order valence-corrected chi connectivity index (χ0v) is 13.6. The SMILES string of the molecule is NCC#Cc1nn2c(NC3CCOCC3)cccc2c1CC(F)(F)F. The molecule has 25 heavy (non-hydrogen) atoms. The van der Waals surface area contributed by atoms with Crippen LogP contribution in [0.3, 0.4) is 0 Å². The summed E-state index contributed by atoms with van der Waals surface area (Å²) in [7, 11) is 0. The Morgan fingerprint density at radius 2 is 2.08 bits per heavy atom. The predicted molar refractivity (Wildman–Crippen MR) is 88.3 cm³/mol. The summed E-state index contributed by atoms with van der Waals surface area (Å²) in [4.78, 5) is 0. The smallest absolute Gasteiger partial charge is 0.381 e. The third kappa shape index (κ3) is 4.24. The summed E-state index contributed by atoms with van der Waals surface area (Å²) in [6.07, 6.45) is -3.74. The average molecular weight is 352 g/mol. The molecule has 0 spiro atoms. The van der Waals surface area contributed by atoms with Crippen LogP contribution >= 0.6 is 0 Å². The van der Waals surface area contributed by atoms with Gasteiger partial charge in [0.25, 0.3) is 0 Å². The molecule has 1 saturated heterocycles. The second kappa shape index (κ2) is 7.33. The number of pyridine rings is 1. The standard InChI is InChI=1S/C17H19F3N4O/c18-17(19,20)11-13-14(3-2-8-21)23-24-15(13)4-1-5-16(24)22-12-6-9-25-10-7-12/h1,4-5,12,22H,6-11,21H2. The van der Waals surface area contributed by atoms with E-state index < -0.39 is 12.6 Å². The average Bonchev–Trinajstić information content (AvgIpc) is 2.91. The van der Waals surface area contributed by atoms with Crippen molar-refractivity contribution >= 4 is 11.3 Å². The molecule has 3 N–H and O–H groups in total. The highest BCUT2D eigenvalue weighted by Crippen LogP contribution is 2.28. The molecule has 134 valence electrons. The number of alkyl halides is 3. The molecule has 2 aromatic rings. The van der Waals surface area contributed by atoms with E-state index in [-0.39, 0.29) is 23.8 Å². The number of anilines is 1. The number of rotatable bonds is 3. The van der Waals surface area contributed by atoms with Gasteiger partial charge in [-0.3, -0.25) is 0 Å². The topological polar surface area (TPSA) is 64.6 Å². The second-order valence-corrected chi connectivity index (χ2v) is 5.86. The monoisotopic (exact) mass is 352 g/mol. The van der Waals surface area contributed by atoms with Crippen molar-refractivity contribution in [1.29, 1.82) is 0 Å². The van der Waals surface area contributed by atoms with Crippen LogP contribution in [0.5, 0.6) is 0 Å². The number of ether oxygens (including phenoxy) is 1. The van der Waals surface area contributed by atoms with Crippen LogP contribution in [0.1, 0.15) is 24.1 Å². The first-order valence-corrected chi connectivity index (χ1v) is 8.08. The molecule has 2 aromatic heterocycles. The van der Waals surface area contributed by atoms with E-state index in [2.05, 4.69) is 22.3 Å². The number of halogens is 3. The maximum absolute atomic E-state index is 13.0. The predicted octanol–water partition coefficient (Wildman–Crippen LogP) is 2.34. The molecule has 3 rings (SSSR count). The van der Waals surface area contributed by atoms with E-state index >= 15 is 0 Å². The highest BCUT2D eigenvalue weighted by atomic mass is 19.4. The number of fused-ring (bicyclic) bond motifs is 1. The van der Waals surface area contributed by atoms with Gasteiger partial charge in [0.15, 0.2) is 0 Å². The van der Waals surface area contributed by atoms with E-state index in [9.17, 15) is 13.2 Å². The first-order chi connectivity index (χ1) is 12.0. The Bertz CT molecular complexity index is 798. The Hall–Kier alpha value is -2.24. The highest BCUT2D eigenvalue weighted by Gasteiger charge is 2.31. The molecule has 5 nitrogen and oxygen atoms in total. The fourth-order valence-electron chi connectivity index (χ4n) is 2.89. The zero-order chi connectivity index (χ0) is 17.9. The molecule has 3 heterocycles. The largest absolute Gasteiger partial charge is 0.393 e. The minimum Gasteiger partial charge on any atom is -0.381 e. The third-order valence-electron chi connectivity index (χ3n) is 4.02. The van der Waals surface area contributed by atoms with Gasteiger partial charge in [-0.25, -0.2) is 4.52 Å². The summed E-state index contributed by atoms with van der Waals surface area (Å²) >= 11 is 0. The molecular formula is C17H19F3N4O. The quantitative estimate of drug-likeness (QED) is 0.833. The number of aromatic nitrogens is 2. The molecule has 1 aliphatic heterocycles. The number of hydrogen-bond donors (Lipinski definition) is 2. The van der Waals surface area contributed by atoms with Gasteiger partial charge >= 0.3 is 6.18 Å². The third-order valence-corrected chi connectivity index (χ3v) is 4.02. The molecule has 0 radical (unpaired) electrons. The van der Waals surface area contributed by atoms with Gasteiger partial charge in [0.05, 0.1) is 18.5 Å². The number of nitrogens with one attached hydrogen (secondary N) is 1. The lowest BCUT2D eigenvalue weighted by atomic mass is 10.1. The van der Waals surface area contributed by atoms with Gasteiger partial charge in [0.2, 0.25) is 0 Å². The van der Waals surface area contributed by atoms with Gasteiger partial charge in [-0.2, -0.15) is 18.3 Å². The van der Waals surface area contributed by atoms with Crippen LogP contribution in [0.4, 0.5) is 19.0 Å². The number of nitrogens with two attached hydrogens (primary N) is 1. The summed E-state index contributed by atoms with van der Waals surface area (Å²) in [5.74, 6) is 5.90. The molecule has 0 bridgehead atoms. The molecule has 8 heteroatoms. The first-order valence-electron chi connectivity index (χ1n) is 8.08. The van der Waals surface area contributed by atoms with E-state index in [1.165, 1.54) is 4.52 Å². The van der Waals surface area contributed by atoms with Crippen molar-refractivity contribution in [2.75, 3.05) is 25.1 Å². The van der Waals surface area contributed by atoms with Crippen LogP contribution in [0.15, 0.2) is 18.2 Å². The maximum atomic E-state index is 13.0. The van der Waals surface area contributed by atoms with Crippen molar-refractivity contribution in [3.05, 3.63) is 29.5 Å². The van der Waals surface area contributed by atoms with E-state index in [0.29, 0.717) is 24.5 Å². The van der Waals surface area contributed by atoms with Crippen LogP contribution in [-0.4, -0.2) is 41.6 Å². The lowest BCUT2D eigenvalue weighted by Gasteiger charge is -2.24. The lowest BCUT2D eigenvalue weighted by molar-refractivity contribution is -0.127. The van der Waals surface area contributed by atoms with Gasteiger partial charge in [-0.05, 0) is 30.9 Å². The van der Waals surface area contributed by atoms with E-state index in [1.54, 1.807) is 18.2 Å². The van der Waals surface area contributed by atoms with Crippen molar-refractivity contribution in [2.45, 2.75) is 31.5 Å². The van der Waals surface area contributed by atoms with Crippen molar-refractivity contribution in [3.63, 3.8) is 0 Å². The Labute approximate surface area is 143 Å². The summed E-state index contributed by atoms with van der Waals surface area (Å²) < 4.78 is 45.8. The van der Waals surface area contributed by atoms with Gasteiger partial charge in [-0.15, -0.1) is 0 Å². The molecular weight excluding hydrogens is 333 g/mol. The highest BCUT2D eigenvalue weighted by molar-refractivity contribution is 5.64. The Kier molecular flexibility index (Phi) is 5.16. The first kappa shape index (κ1) is 17.6. The molecule has 0 atom stereocenters. The van der Waals surface area contributed by atoms with Crippen LogP contribution in [0, 0.1) is 11.8 Å². The van der Waals surface area contributed by atoms with Crippen LogP contribution in [0.25, 0.3) is 5.52 Å². The van der Waals surface area contributed by atoms with Gasteiger partial charge in [0, 0.05) is 24.8 Å². The van der Waals surface area contributed by atoms with Crippen molar-refractivity contribution in [1.82, 2.24) is 9.61 Å². The molecule has 0 amide bonds. The minimum absolute atomic E-state index is 0.0620. The summed E-state index contributed by atoms with van der Waals surface area (Å²) in [5, 5.41) is 7.64. The fraction of sp³-hybridized carbons (Fsp3) is 0.471. The summed E-state index contributed by atoms with van der Waals surface area (Å²) in [6, 6.07) is 5.34.